The van der Waals surface area contributed by atoms with E-state index in [1.165, 1.54) is 23.7 Å². The van der Waals surface area contributed by atoms with Gasteiger partial charge < -0.3 is 24.3 Å². The molecule has 2 aliphatic rings. The molecule has 2 fully saturated rings. The summed E-state index contributed by atoms with van der Waals surface area (Å²) < 4.78 is 4.44. The molecule has 1 saturated heterocycles. The minimum absolute atomic E-state index is 0.0885. The Morgan fingerprint density at radius 2 is 1.97 bits per heavy atom. The molecule has 8 heteroatoms. The maximum Gasteiger partial charge on any atom is 0.404 e. The van der Waals surface area contributed by atoms with Crippen LogP contribution in [0.25, 0.3) is 27.9 Å². The highest BCUT2D eigenvalue weighted by molar-refractivity contribution is 5.95. The van der Waals surface area contributed by atoms with Crippen molar-refractivity contribution in [2.24, 2.45) is 5.92 Å². The van der Waals surface area contributed by atoms with Crippen LogP contribution in [0.4, 0.5) is 4.79 Å². The first-order chi connectivity index (χ1) is 17.0. The molecule has 3 aromatic heterocycles. The SMILES string of the molecule is Cc1c(-c2cc3ccccc3n2CC2CC2)nc2cc(C(=O)N3CCC[C@@H](NC(=O)O)C3)ccn12. The highest BCUT2D eigenvalue weighted by atomic mass is 16.4. The molecule has 2 N–H and O–H groups in total. The third-order valence-corrected chi connectivity index (χ3v) is 7.34. The fourth-order valence-corrected chi connectivity index (χ4v) is 5.34. The van der Waals surface area contributed by atoms with E-state index in [4.69, 9.17) is 10.1 Å². The van der Waals surface area contributed by atoms with Gasteiger partial charge in [0.2, 0.25) is 0 Å². The number of pyridine rings is 1. The molecule has 1 saturated carbocycles. The van der Waals surface area contributed by atoms with E-state index in [0.717, 1.165) is 48.0 Å². The normalized spacial score (nSPS) is 18.3. The standard InChI is InChI=1S/C27H29N5O3/c1-17-25(23-13-19-5-2-3-7-22(19)32(23)15-18-8-9-18)29-24-14-20(10-12-31(17)24)26(33)30-11-4-6-21(16-30)28-27(34)35/h2-3,5,7,10,12-14,18,21,28H,4,6,8-9,11,15-16H2,1H3,(H,34,35)/t21-/m1/s1. The summed E-state index contributed by atoms with van der Waals surface area (Å²) in [6.07, 6.45) is 4.94. The van der Waals surface area contributed by atoms with Crippen molar-refractivity contribution in [1.29, 1.82) is 0 Å². The minimum atomic E-state index is -1.05. The number of likely N-dealkylation sites (tertiary alicyclic amines) is 1. The number of hydrogen-bond donors (Lipinski definition) is 2. The second-order valence-corrected chi connectivity index (χ2v) is 9.87. The van der Waals surface area contributed by atoms with Crippen LogP contribution in [0.5, 0.6) is 0 Å². The summed E-state index contributed by atoms with van der Waals surface area (Å²) in [5, 5.41) is 12.8. The number of amides is 2. The number of carboxylic acid groups (broad SMARTS) is 1. The number of imidazole rings is 1. The Labute approximate surface area is 203 Å². The highest BCUT2D eigenvalue weighted by Crippen LogP contribution is 2.36. The van der Waals surface area contributed by atoms with Gasteiger partial charge in [-0.05, 0) is 62.8 Å². The van der Waals surface area contributed by atoms with Gasteiger partial charge in [-0.2, -0.15) is 0 Å². The number of carbonyl (C=O) groups is 2. The minimum Gasteiger partial charge on any atom is -0.465 e. The Hall–Kier alpha value is -3.81. The van der Waals surface area contributed by atoms with E-state index in [0.29, 0.717) is 18.7 Å². The van der Waals surface area contributed by atoms with Crippen molar-refractivity contribution in [3.05, 3.63) is 59.9 Å². The Balaban J connectivity index is 1.34. The van der Waals surface area contributed by atoms with Crippen molar-refractivity contribution in [3.63, 3.8) is 0 Å². The van der Waals surface area contributed by atoms with Crippen LogP contribution >= 0.6 is 0 Å². The van der Waals surface area contributed by atoms with E-state index in [9.17, 15) is 9.59 Å². The van der Waals surface area contributed by atoms with E-state index in [-0.39, 0.29) is 11.9 Å². The lowest BCUT2D eigenvalue weighted by molar-refractivity contribution is 0.0692. The molecule has 4 heterocycles. The quantitative estimate of drug-likeness (QED) is 0.447. The summed E-state index contributed by atoms with van der Waals surface area (Å²) in [7, 11) is 0. The third-order valence-electron chi connectivity index (χ3n) is 7.34. The molecule has 35 heavy (non-hydrogen) atoms. The summed E-state index contributed by atoms with van der Waals surface area (Å²) in [6, 6.07) is 14.1. The molecule has 2 amide bonds. The third kappa shape index (κ3) is 4.03. The Morgan fingerprint density at radius 3 is 2.77 bits per heavy atom. The van der Waals surface area contributed by atoms with Crippen LogP contribution < -0.4 is 5.32 Å². The molecule has 4 aromatic rings. The molecule has 8 nitrogen and oxygen atoms in total. The number of piperidine rings is 1. The highest BCUT2D eigenvalue weighted by Gasteiger charge is 2.27. The van der Waals surface area contributed by atoms with Crippen molar-refractivity contribution < 1.29 is 14.7 Å². The number of aromatic nitrogens is 3. The number of carbonyl (C=O) groups excluding carboxylic acids is 1. The maximum absolute atomic E-state index is 13.2. The molecule has 1 aromatic carbocycles. The zero-order valence-corrected chi connectivity index (χ0v) is 19.8. The van der Waals surface area contributed by atoms with E-state index < -0.39 is 6.09 Å². The van der Waals surface area contributed by atoms with Gasteiger partial charge in [-0.25, -0.2) is 9.78 Å². The average Bonchev–Trinajstić information content (AvgIpc) is 3.52. The monoisotopic (exact) mass is 471 g/mol. The van der Waals surface area contributed by atoms with E-state index in [1.807, 2.05) is 22.7 Å². The summed E-state index contributed by atoms with van der Waals surface area (Å²) in [4.78, 5) is 31.0. The predicted octanol–water partition coefficient (Wildman–Crippen LogP) is 4.55. The topological polar surface area (TPSA) is 91.9 Å². The molecule has 0 bridgehead atoms. The van der Waals surface area contributed by atoms with Crippen LogP contribution in [0.15, 0.2) is 48.7 Å². The lowest BCUT2D eigenvalue weighted by Crippen LogP contribution is -2.49. The van der Waals surface area contributed by atoms with Crippen LogP contribution in [0.3, 0.4) is 0 Å². The molecule has 6 rings (SSSR count). The molecular weight excluding hydrogens is 442 g/mol. The van der Waals surface area contributed by atoms with E-state index in [2.05, 4.69) is 47.1 Å². The van der Waals surface area contributed by atoms with Gasteiger partial charge in [-0.15, -0.1) is 0 Å². The Kier molecular flexibility index (Phi) is 5.24. The number of nitrogens with zero attached hydrogens (tertiary/aromatic N) is 4. The Morgan fingerprint density at radius 1 is 1.14 bits per heavy atom. The first kappa shape index (κ1) is 21.7. The van der Waals surface area contributed by atoms with Crippen LogP contribution in [-0.2, 0) is 6.54 Å². The van der Waals surface area contributed by atoms with Gasteiger partial charge in [-0.1, -0.05) is 18.2 Å². The number of benzene rings is 1. The summed E-state index contributed by atoms with van der Waals surface area (Å²) in [5.41, 5.74) is 5.65. The number of rotatable bonds is 5. The summed E-state index contributed by atoms with van der Waals surface area (Å²) in [5.74, 6) is 0.643. The lowest BCUT2D eigenvalue weighted by Gasteiger charge is -2.32. The Bertz CT molecular complexity index is 1450. The molecule has 1 atom stereocenters. The van der Waals surface area contributed by atoms with Gasteiger partial charge in [0.1, 0.15) is 11.3 Å². The van der Waals surface area contributed by atoms with Crippen LogP contribution in [0.1, 0.15) is 41.7 Å². The van der Waals surface area contributed by atoms with Crippen LogP contribution in [-0.4, -0.2) is 55.1 Å². The second kappa shape index (κ2) is 8.45. The van der Waals surface area contributed by atoms with Crippen molar-refractivity contribution in [1.82, 2.24) is 24.2 Å². The molecule has 180 valence electrons. The largest absolute Gasteiger partial charge is 0.465 e. The van der Waals surface area contributed by atoms with Gasteiger partial charge >= 0.3 is 6.09 Å². The van der Waals surface area contributed by atoms with Gasteiger partial charge in [-0.3, -0.25) is 4.79 Å². The van der Waals surface area contributed by atoms with Crippen molar-refractivity contribution in [2.75, 3.05) is 13.1 Å². The molecule has 1 aliphatic carbocycles. The molecule has 1 aliphatic heterocycles. The van der Waals surface area contributed by atoms with Crippen LogP contribution in [0.2, 0.25) is 0 Å². The number of fused-ring (bicyclic) bond motifs is 2. The molecule has 0 radical (unpaired) electrons. The molecule has 0 spiro atoms. The van der Waals surface area contributed by atoms with Gasteiger partial charge in [0.25, 0.3) is 5.91 Å². The number of para-hydroxylation sites is 1. The summed E-state index contributed by atoms with van der Waals surface area (Å²) in [6.45, 7) is 4.08. The van der Waals surface area contributed by atoms with Gasteiger partial charge in [0, 0.05) is 54.0 Å². The van der Waals surface area contributed by atoms with E-state index >= 15 is 0 Å². The van der Waals surface area contributed by atoms with Gasteiger partial charge in [0.05, 0.1) is 5.69 Å². The first-order valence-electron chi connectivity index (χ1n) is 12.3. The number of aryl methyl sites for hydroxylation is 1. The molecule has 0 unspecified atom stereocenters. The zero-order valence-electron chi connectivity index (χ0n) is 19.8. The van der Waals surface area contributed by atoms with Crippen molar-refractivity contribution in [2.45, 2.75) is 45.2 Å². The van der Waals surface area contributed by atoms with Crippen LogP contribution in [0, 0.1) is 12.8 Å². The fraction of sp³-hybridized carbons (Fsp3) is 0.370. The predicted molar refractivity (Wildman–Crippen MR) is 134 cm³/mol. The first-order valence-corrected chi connectivity index (χ1v) is 12.3. The molecular formula is C27H29N5O3. The second-order valence-electron chi connectivity index (χ2n) is 9.87. The summed E-state index contributed by atoms with van der Waals surface area (Å²) >= 11 is 0. The number of hydrogen-bond acceptors (Lipinski definition) is 3. The maximum atomic E-state index is 13.2. The van der Waals surface area contributed by atoms with Gasteiger partial charge in [0.15, 0.2) is 0 Å². The lowest BCUT2D eigenvalue weighted by atomic mass is 10.0. The van der Waals surface area contributed by atoms with Crippen molar-refractivity contribution >= 4 is 28.6 Å². The smallest absolute Gasteiger partial charge is 0.404 e. The fourth-order valence-electron chi connectivity index (χ4n) is 5.34. The zero-order chi connectivity index (χ0) is 24.1. The number of nitrogens with one attached hydrogen (secondary N) is 1. The van der Waals surface area contributed by atoms with Crippen molar-refractivity contribution in [3.8, 4) is 11.4 Å². The van der Waals surface area contributed by atoms with E-state index in [1.54, 1.807) is 4.90 Å². The average molecular weight is 472 g/mol.